The van der Waals surface area contributed by atoms with Crippen LogP contribution in [-0.4, -0.2) is 35.6 Å². The van der Waals surface area contributed by atoms with E-state index in [2.05, 4.69) is 0 Å². The van der Waals surface area contributed by atoms with Gasteiger partial charge in [0, 0.05) is 18.7 Å². The van der Waals surface area contributed by atoms with Gasteiger partial charge in [-0.05, 0) is 31.9 Å². The molecule has 0 unspecified atom stereocenters. The molecule has 20 heavy (non-hydrogen) atoms. The third-order valence-electron chi connectivity index (χ3n) is 4.05. The van der Waals surface area contributed by atoms with Crippen molar-refractivity contribution in [3.8, 4) is 11.5 Å². The van der Waals surface area contributed by atoms with Crippen LogP contribution in [-0.2, 0) is 0 Å². The molecule has 0 heterocycles. The van der Waals surface area contributed by atoms with Gasteiger partial charge < -0.3 is 14.7 Å². The number of hydrogen-bond donors (Lipinski definition) is 1. The van der Waals surface area contributed by atoms with Gasteiger partial charge in [-0.1, -0.05) is 19.3 Å². The summed E-state index contributed by atoms with van der Waals surface area (Å²) in [7, 11) is 1.54. The molecule has 0 aliphatic heterocycles. The minimum atomic E-state index is -0.0837. The highest BCUT2D eigenvalue weighted by Crippen LogP contribution is 2.28. The Bertz CT molecular complexity index is 467. The molecule has 1 fully saturated rings. The number of phenolic OH excluding ortho intramolecular Hbond substituents is 1. The number of amides is 1. The first-order valence-corrected chi connectivity index (χ1v) is 7.35. The third kappa shape index (κ3) is 3.06. The van der Waals surface area contributed by atoms with Crippen LogP contribution in [0.15, 0.2) is 18.2 Å². The van der Waals surface area contributed by atoms with Crippen LogP contribution in [0.5, 0.6) is 11.5 Å². The maximum Gasteiger partial charge on any atom is 0.257 e. The molecule has 1 saturated carbocycles. The molecule has 1 aromatic rings. The van der Waals surface area contributed by atoms with Gasteiger partial charge in [-0.3, -0.25) is 4.79 Å². The Morgan fingerprint density at radius 3 is 2.60 bits per heavy atom. The summed E-state index contributed by atoms with van der Waals surface area (Å²) < 4.78 is 5.05. The fourth-order valence-corrected chi connectivity index (χ4v) is 2.93. The number of carbonyl (C=O) groups excluding carboxylic acids is 1. The fourth-order valence-electron chi connectivity index (χ4n) is 2.93. The van der Waals surface area contributed by atoms with E-state index in [1.165, 1.54) is 32.4 Å². The number of ether oxygens (including phenoxy) is 1. The van der Waals surface area contributed by atoms with Crippen molar-refractivity contribution < 1.29 is 14.6 Å². The van der Waals surface area contributed by atoms with E-state index in [0.29, 0.717) is 23.9 Å². The summed E-state index contributed by atoms with van der Waals surface area (Å²) in [6.45, 7) is 2.67. The van der Waals surface area contributed by atoms with Gasteiger partial charge in [0.2, 0.25) is 0 Å². The largest absolute Gasteiger partial charge is 0.507 e. The first-order valence-electron chi connectivity index (χ1n) is 7.35. The smallest absolute Gasteiger partial charge is 0.257 e. The van der Waals surface area contributed by atoms with Crippen LogP contribution in [0.3, 0.4) is 0 Å². The Kier molecular flexibility index (Phi) is 4.88. The summed E-state index contributed by atoms with van der Waals surface area (Å²) in [5.41, 5.74) is 0.359. The summed E-state index contributed by atoms with van der Waals surface area (Å²) in [6, 6.07) is 5.15. The van der Waals surface area contributed by atoms with Gasteiger partial charge in [0.1, 0.15) is 11.5 Å². The number of benzene rings is 1. The zero-order chi connectivity index (χ0) is 14.5. The normalized spacial score (nSPS) is 15.9. The molecule has 0 radical (unpaired) electrons. The van der Waals surface area contributed by atoms with E-state index in [9.17, 15) is 9.90 Å². The SMILES string of the molecule is CCN(C(=O)c1ccc(OC)cc1O)C1CCCCC1. The van der Waals surface area contributed by atoms with Gasteiger partial charge in [0.15, 0.2) is 0 Å². The van der Waals surface area contributed by atoms with Crippen LogP contribution in [0.1, 0.15) is 49.4 Å². The molecule has 1 aliphatic carbocycles. The molecule has 0 saturated heterocycles. The number of hydrogen-bond acceptors (Lipinski definition) is 3. The van der Waals surface area contributed by atoms with E-state index in [-0.39, 0.29) is 11.7 Å². The quantitative estimate of drug-likeness (QED) is 0.919. The van der Waals surface area contributed by atoms with E-state index in [4.69, 9.17) is 4.74 Å². The molecular formula is C16H23NO3. The van der Waals surface area contributed by atoms with E-state index < -0.39 is 0 Å². The number of rotatable bonds is 4. The molecule has 0 bridgehead atoms. The molecule has 0 aromatic heterocycles. The highest BCUT2D eigenvalue weighted by molar-refractivity contribution is 5.97. The van der Waals surface area contributed by atoms with Crippen molar-refractivity contribution in [3.63, 3.8) is 0 Å². The van der Waals surface area contributed by atoms with E-state index in [1.54, 1.807) is 12.1 Å². The number of carbonyl (C=O) groups is 1. The summed E-state index contributed by atoms with van der Waals surface area (Å²) in [6.07, 6.45) is 5.76. The first-order chi connectivity index (χ1) is 9.67. The Morgan fingerprint density at radius 1 is 1.35 bits per heavy atom. The molecular weight excluding hydrogens is 254 g/mol. The molecule has 4 heteroatoms. The second kappa shape index (κ2) is 6.64. The van der Waals surface area contributed by atoms with E-state index in [1.807, 2.05) is 11.8 Å². The lowest BCUT2D eigenvalue weighted by atomic mass is 9.93. The fraction of sp³-hybridized carbons (Fsp3) is 0.562. The van der Waals surface area contributed by atoms with Crippen molar-refractivity contribution in [3.05, 3.63) is 23.8 Å². The van der Waals surface area contributed by atoms with Crippen LogP contribution in [0.25, 0.3) is 0 Å². The molecule has 1 aliphatic rings. The minimum absolute atomic E-state index is 0.0105. The molecule has 1 aromatic carbocycles. The van der Waals surface area contributed by atoms with Crippen LogP contribution in [0, 0.1) is 0 Å². The van der Waals surface area contributed by atoms with Crippen molar-refractivity contribution >= 4 is 5.91 Å². The van der Waals surface area contributed by atoms with Gasteiger partial charge >= 0.3 is 0 Å². The van der Waals surface area contributed by atoms with E-state index >= 15 is 0 Å². The van der Waals surface area contributed by atoms with Gasteiger partial charge in [-0.2, -0.15) is 0 Å². The molecule has 4 nitrogen and oxygen atoms in total. The Hall–Kier alpha value is -1.71. The lowest BCUT2D eigenvalue weighted by Crippen LogP contribution is -2.41. The van der Waals surface area contributed by atoms with Crippen molar-refractivity contribution in [1.29, 1.82) is 0 Å². The first kappa shape index (κ1) is 14.7. The van der Waals surface area contributed by atoms with Gasteiger partial charge in [0.25, 0.3) is 5.91 Å². The second-order valence-electron chi connectivity index (χ2n) is 5.27. The lowest BCUT2D eigenvalue weighted by Gasteiger charge is -2.33. The van der Waals surface area contributed by atoms with Crippen molar-refractivity contribution in [2.75, 3.05) is 13.7 Å². The molecule has 110 valence electrons. The predicted molar refractivity (Wildman–Crippen MR) is 78.2 cm³/mol. The van der Waals surface area contributed by atoms with Crippen molar-refractivity contribution in [2.45, 2.75) is 45.1 Å². The number of phenols is 1. The molecule has 0 atom stereocenters. The van der Waals surface area contributed by atoms with E-state index in [0.717, 1.165) is 12.8 Å². The van der Waals surface area contributed by atoms with Gasteiger partial charge in [0.05, 0.1) is 12.7 Å². The average molecular weight is 277 g/mol. The van der Waals surface area contributed by atoms with Gasteiger partial charge in [-0.25, -0.2) is 0 Å². The number of aromatic hydroxyl groups is 1. The Balaban J connectivity index is 2.19. The maximum absolute atomic E-state index is 12.6. The summed E-state index contributed by atoms with van der Waals surface area (Å²) in [4.78, 5) is 14.5. The average Bonchev–Trinajstić information content (AvgIpc) is 2.48. The predicted octanol–water partition coefficient (Wildman–Crippen LogP) is 3.20. The zero-order valence-electron chi connectivity index (χ0n) is 12.3. The second-order valence-corrected chi connectivity index (χ2v) is 5.27. The topological polar surface area (TPSA) is 49.8 Å². The van der Waals surface area contributed by atoms with Gasteiger partial charge in [-0.15, -0.1) is 0 Å². The summed E-state index contributed by atoms with van der Waals surface area (Å²) in [5.74, 6) is 0.461. The summed E-state index contributed by atoms with van der Waals surface area (Å²) in [5, 5.41) is 10.0. The Labute approximate surface area is 120 Å². The maximum atomic E-state index is 12.6. The van der Waals surface area contributed by atoms with Crippen molar-refractivity contribution in [1.82, 2.24) is 4.90 Å². The highest BCUT2D eigenvalue weighted by Gasteiger charge is 2.26. The van der Waals surface area contributed by atoms with Crippen LogP contribution >= 0.6 is 0 Å². The minimum Gasteiger partial charge on any atom is -0.507 e. The van der Waals surface area contributed by atoms with Crippen LogP contribution in [0.4, 0.5) is 0 Å². The molecule has 1 amide bonds. The van der Waals surface area contributed by atoms with Crippen LogP contribution in [0.2, 0.25) is 0 Å². The van der Waals surface area contributed by atoms with Crippen molar-refractivity contribution in [2.24, 2.45) is 0 Å². The summed E-state index contributed by atoms with van der Waals surface area (Å²) >= 11 is 0. The zero-order valence-corrected chi connectivity index (χ0v) is 12.3. The molecule has 0 spiro atoms. The monoisotopic (exact) mass is 277 g/mol. The number of nitrogens with zero attached hydrogens (tertiary/aromatic N) is 1. The Morgan fingerprint density at radius 2 is 2.05 bits per heavy atom. The highest BCUT2D eigenvalue weighted by atomic mass is 16.5. The molecule has 1 N–H and O–H groups in total. The standard InChI is InChI=1S/C16H23NO3/c1-3-17(12-7-5-4-6-8-12)16(19)14-10-9-13(20-2)11-15(14)18/h9-12,18H,3-8H2,1-2H3. The van der Waals surface area contributed by atoms with Crippen LogP contribution < -0.4 is 4.74 Å². The third-order valence-corrected chi connectivity index (χ3v) is 4.05. The lowest BCUT2D eigenvalue weighted by molar-refractivity contribution is 0.0645. The molecule has 2 rings (SSSR count). The number of methoxy groups -OCH3 is 1.